The van der Waals surface area contributed by atoms with Gasteiger partial charge in [0, 0.05) is 0 Å². The van der Waals surface area contributed by atoms with Crippen molar-refractivity contribution in [2.75, 3.05) is 0 Å². The maximum absolute atomic E-state index is 10.5. The molecule has 1 rings (SSSR count). The van der Waals surface area contributed by atoms with Crippen LogP contribution in [0.5, 0.6) is 0 Å². The number of carboxylic acids is 1. The molecule has 0 aliphatic carbocycles. The highest BCUT2D eigenvalue weighted by atomic mass is 35.5. The van der Waals surface area contributed by atoms with E-state index < -0.39 is 12.0 Å². The summed E-state index contributed by atoms with van der Waals surface area (Å²) >= 11 is 5.78. The number of halogens is 1. The summed E-state index contributed by atoms with van der Waals surface area (Å²) in [6.07, 6.45) is 0.195. The summed E-state index contributed by atoms with van der Waals surface area (Å²) in [7, 11) is 0. The van der Waals surface area contributed by atoms with Crippen molar-refractivity contribution in [3.05, 3.63) is 34.3 Å². The number of hydrogen-bond acceptors (Lipinski definition) is 3. The molecule has 0 saturated heterocycles. The van der Waals surface area contributed by atoms with Gasteiger partial charge in [0.1, 0.15) is 12.1 Å². The SMILES string of the molecule is N#Cc1ccc(CC(N)C(=O)O)cc1Cl. The number of carboxylic acid groups (broad SMARTS) is 1. The molecule has 0 saturated carbocycles. The van der Waals surface area contributed by atoms with Crippen LogP contribution in [0.25, 0.3) is 0 Å². The van der Waals surface area contributed by atoms with E-state index >= 15 is 0 Å². The van der Waals surface area contributed by atoms with Crippen molar-refractivity contribution >= 4 is 17.6 Å². The molecule has 0 aliphatic heterocycles. The lowest BCUT2D eigenvalue weighted by Gasteiger charge is -2.06. The topological polar surface area (TPSA) is 87.1 Å². The van der Waals surface area contributed by atoms with E-state index in [0.717, 1.165) is 0 Å². The Kier molecular flexibility index (Phi) is 3.67. The van der Waals surface area contributed by atoms with E-state index in [4.69, 9.17) is 27.7 Å². The maximum Gasteiger partial charge on any atom is 0.320 e. The molecule has 78 valence electrons. The quantitative estimate of drug-likeness (QED) is 0.807. The molecular weight excluding hydrogens is 216 g/mol. The van der Waals surface area contributed by atoms with E-state index in [-0.39, 0.29) is 6.42 Å². The smallest absolute Gasteiger partial charge is 0.320 e. The highest BCUT2D eigenvalue weighted by molar-refractivity contribution is 6.31. The maximum atomic E-state index is 10.5. The largest absolute Gasteiger partial charge is 0.480 e. The molecule has 0 fully saturated rings. The number of hydrogen-bond donors (Lipinski definition) is 2. The average Bonchev–Trinajstić information content (AvgIpc) is 2.18. The molecule has 0 bridgehead atoms. The summed E-state index contributed by atoms with van der Waals surface area (Å²) in [5.74, 6) is -1.06. The molecule has 1 aromatic rings. The molecule has 0 radical (unpaired) electrons. The van der Waals surface area contributed by atoms with Gasteiger partial charge < -0.3 is 10.8 Å². The standard InChI is InChI=1S/C10H9ClN2O2/c11-8-3-6(1-2-7(8)5-12)4-9(13)10(14)15/h1-3,9H,4,13H2,(H,14,15). The lowest BCUT2D eigenvalue weighted by Crippen LogP contribution is -2.32. The first-order valence-electron chi connectivity index (χ1n) is 4.21. The number of rotatable bonds is 3. The molecule has 15 heavy (non-hydrogen) atoms. The minimum atomic E-state index is -1.06. The van der Waals surface area contributed by atoms with Gasteiger partial charge in [0.05, 0.1) is 10.6 Å². The summed E-state index contributed by atoms with van der Waals surface area (Å²) in [6.45, 7) is 0. The predicted octanol–water partition coefficient (Wildman–Crippen LogP) is 1.17. The molecule has 4 nitrogen and oxygen atoms in total. The first kappa shape index (κ1) is 11.5. The van der Waals surface area contributed by atoms with E-state index in [1.165, 1.54) is 0 Å². The second-order valence-electron chi connectivity index (χ2n) is 3.07. The predicted molar refractivity (Wildman–Crippen MR) is 55.5 cm³/mol. The van der Waals surface area contributed by atoms with Crippen LogP contribution in [0.4, 0.5) is 0 Å². The summed E-state index contributed by atoms with van der Waals surface area (Å²) < 4.78 is 0. The van der Waals surface area contributed by atoms with E-state index in [1.54, 1.807) is 18.2 Å². The van der Waals surface area contributed by atoms with Crippen LogP contribution < -0.4 is 5.73 Å². The zero-order valence-corrected chi connectivity index (χ0v) is 8.53. The molecule has 0 amide bonds. The molecule has 1 unspecified atom stereocenters. The van der Waals surface area contributed by atoms with Gasteiger partial charge in [-0.05, 0) is 24.1 Å². The van der Waals surface area contributed by atoms with Crippen molar-refractivity contribution in [3.8, 4) is 6.07 Å². The Morgan fingerprint density at radius 3 is 2.80 bits per heavy atom. The first-order chi connectivity index (χ1) is 7.04. The Balaban J connectivity index is 2.85. The number of benzene rings is 1. The van der Waals surface area contributed by atoms with Gasteiger partial charge in [-0.3, -0.25) is 4.79 Å². The van der Waals surface area contributed by atoms with Gasteiger partial charge in [0.15, 0.2) is 0 Å². The summed E-state index contributed by atoms with van der Waals surface area (Å²) in [5, 5.41) is 17.5. The summed E-state index contributed by atoms with van der Waals surface area (Å²) in [6, 6.07) is 5.72. The van der Waals surface area contributed by atoms with Crippen LogP contribution in [0.1, 0.15) is 11.1 Å². The molecule has 1 atom stereocenters. The fourth-order valence-electron chi connectivity index (χ4n) is 1.12. The second-order valence-corrected chi connectivity index (χ2v) is 3.48. The van der Waals surface area contributed by atoms with E-state index in [9.17, 15) is 4.79 Å². The van der Waals surface area contributed by atoms with Gasteiger partial charge >= 0.3 is 5.97 Å². The Hall–Kier alpha value is -1.57. The van der Waals surface area contributed by atoms with Gasteiger partial charge in [-0.25, -0.2) is 0 Å². The van der Waals surface area contributed by atoms with Gasteiger partial charge in [-0.1, -0.05) is 17.7 Å². The van der Waals surface area contributed by atoms with Crippen molar-refractivity contribution in [1.29, 1.82) is 5.26 Å². The van der Waals surface area contributed by atoms with Crippen molar-refractivity contribution in [2.45, 2.75) is 12.5 Å². The Morgan fingerprint density at radius 1 is 1.67 bits per heavy atom. The van der Waals surface area contributed by atoms with E-state index in [0.29, 0.717) is 16.1 Å². The van der Waals surface area contributed by atoms with Crippen LogP contribution in [-0.4, -0.2) is 17.1 Å². The third-order valence-electron chi connectivity index (χ3n) is 1.93. The minimum absolute atomic E-state index is 0.195. The third kappa shape index (κ3) is 2.94. The molecule has 0 aliphatic rings. The normalized spacial score (nSPS) is 11.8. The Morgan fingerprint density at radius 2 is 2.33 bits per heavy atom. The molecular formula is C10H9ClN2O2. The Labute approximate surface area is 91.9 Å². The van der Waals surface area contributed by atoms with Gasteiger partial charge in [-0.2, -0.15) is 5.26 Å². The minimum Gasteiger partial charge on any atom is -0.480 e. The summed E-state index contributed by atoms with van der Waals surface area (Å²) in [4.78, 5) is 10.5. The fourth-order valence-corrected chi connectivity index (χ4v) is 1.36. The number of nitrogens with two attached hydrogens (primary N) is 1. The van der Waals surface area contributed by atoms with E-state index in [2.05, 4.69) is 0 Å². The molecule has 0 aromatic heterocycles. The number of carbonyl (C=O) groups is 1. The van der Waals surface area contributed by atoms with Crippen LogP contribution in [0.15, 0.2) is 18.2 Å². The monoisotopic (exact) mass is 224 g/mol. The van der Waals surface area contributed by atoms with E-state index in [1.807, 2.05) is 6.07 Å². The molecule has 5 heteroatoms. The first-order valence-corrected chi connectivity index (χ1v) is 4.59. The number of nitrogens with zero attached hydrogens (tertiary/aromatic N) is 1. The van der Waals surface area contributed by atoms with Crippen LogP contribution in [0.3, 0.4) is 0 Å². The van der Waals surface area contributed by atoms with Crippen LogP contribution in [0.2, 0.25) is 5.02 Å². The fraction of sp³-hybridized carbons (Fsp3) is 0.200. The third-order valence-corrected chi connectivity index (χ3v) is 2.24. The zero-order chi connectivity index (χ0) is 11.4. The highest BCUT2D eigenvalue weighted by Crippen LogP contribution is 2.17. The Bertz CT molecular complexity index is 426. The van der Waals surface area contributed by atoms with Crippen molar-refractivity contribution in [3.63, 3.8) is 0 Å². The van der Waals surface area contributed by atoms with Crippen molar-refractivity contribution < 1.29 is 9.90 Å². The number of aliphatic carboxylic acids is 1. The van der Waals surface area contributed by atoms with Crippen LogP contribution in [0, 0.1) is 11.3 Å². The molecule has 1 aromatic carbocycles. The zero-order valence-electron chi connectivity index (χ0n) is 7.77. The lowest BCUT2D eigenvalue weighted by atomic mass is 10.1. The summed E-state index contributed by atoms with van der Waals surface area (Å²) in [5.41, 5.74) is 6.43. The van der Waals surface area contributed by atoms with Gasteiger partial charge in [-0.15, -0.1) is 0 Å². The van der Waals surface area contributed by atoms with Gasteiger partial charge in [0.2, 0.25) is 0 Å². The van der Waals surface area contributed by atoms with Crippen molar-refractivity contribution in [2.24, 2.45) is 5.73 Å². The second kappa shape index (κ2) is 4.78. The van der Waals surface area contributed by atoms with Crippen LogP contribution >= 0.6 is 11.6 Å². The number of nitriles is 1. The van der Waals surface area contributed by atoms with Crippen molar-refractivity contribution in [1.82, 2.24) is 0 Å². The van der Waals surface area contributed by atoms with Gasteiger partial charge in [0.25, 0.3) is 0 Å². The highest BCUT2D eigenvalue weighted by Gasteiger charge is 2.12. The molecule has 0 spiro atoms. The molecule has 3 N–H and O–H groups in total. The average molecular weight is 225 g/mol. The van der Waals surface area contributed by atoms with Crippen LogP contribution in [-0.2, 0) is 11.2 Å². The lowest BCUT2D eigenvalue weighted by molar-refractivity contribution is -0.138. The molecule has 0 heterocycles.